The molecule has 1 heterocycles. The highest BCUT2D eigenvalue weighted by Crippen LogP contribution is 2.22. The molecule has 1 atom stereocenters. The number of amides is 1. The average molecular weight is 365 g/mol. The van der Waals surface area contributed by atoms with Gasteiger partial charge in [0.15, 0.2) is 0 Å². The fraction of sp³-hybridized carbons (Fsp3) is 0.286. The maximum Gasteiger partial charge on any atom is 0.258 e. The van der Waals surface area contributed by atoms with Crippen LogP contribution < -0.4 is 10.3 Å². The van der Waals surface area contributed by atoms with Crippen LogP contribution in [0.1, 0.15) is 30.8 Å². The fourth-order valence-electron chi connectivity index (χ4n) is 2.98. The molecule has 1 aromatic heterocycles. The van der Waals surface area contributed by atoms with Crippen molar-refractivity contribution >= 4 is 16.8 Å². The molecule has 2 aromatic carbocycles. The number of para-hydroxylation sites is 1. The van der Waals surface area contributed by atoms with Gasteiger partial charge < -0.3 is 14.6 Å². The number of aromatic amines is 1. The van der Waals surface area contributed by atoms with Crippen LogP contribution in [0.2, 0.25) is 0 Å². The predicted octanol–water partition coefficient (Wildman–Crippen LogP) is 3.08. The minimum Gasteiger partial charge on any atom is -0.497 e. The average Bonchev–Trinajstić information content (AvgIpc) is 2.71. The molecule has 0 spiro atoms. The van der Waals surface area contributed by atoms with Gasteiger partial charge >= 0.3 is 0 Å². The van der Waals surface area contributed by atoms with E-state index in [-0.39, 0.29) is 23.9 Å². The molecule has 0 saturated heterocycles. The van der Waals surface area contributed by atoms with Crippen LogP contribution in [0.15, 0.2) is 53.3 Å². The first kappa shape index (κ1) is 18.6. The van der Waals surface area contributed by atoms with E-state index in [1.165, 1.54) is 0 Å². The van der Waals surface area contributed by atoms with Crippen molar-refractivity contribution in [3.63, 3.8) is 0 Å². The van der Waals surface area contributed by atoms with E-state index in [0.29, 0.717) is 23.1 Å². The van der Waals surface area contributed by atoms with Crippen molar-refractivity contribution in [2.24, 2.45) is 0 Å². The van der Waals surface area contributed by atoms with Crippen molar-refractivity contribution in [3.8, 4) is 5.75 Å². The van der Waals surface area contributed by atoms with E-state index >= 15 is 0 Å². The molecule has 6 heteroatoms. The largest absolute Gasteiger partial charge is 0.497 e. The van der Waals surface area contributed by atoms with Crippen molar-refractivity contribution in [2.45, 2.75) is 25.8 Å². The minimum absolute atomic E-state index is 0.00544. The van der Waals surface area contributed by atoms with Gasteiger partial charge in [0.1, 0.15) is 11.6 Å². The summed E-state index contributed by atoms with van der Waals surface area (Å²) < 4.78 is 5.17. The van der Waals surface area contributed by atoms with Gasteiger partial charge in [-0.3, -0.25) is 9.59 Å². The van der Waals surface area contributed by atoms with Crippen molar-refractivity contribution in [1.29, 1.82) is 0 Å². The van der Waals surface area contributed by atoms with Gasteiger partial charge in [0, 0.05) is 19.9 Å². The zero-order chi connectivity index (χ0) is 19.4. The number of hydrogen-bond acceptors (Lipinski definition) is 4. The Labute approximate surface area is 157 Å². The Hall–Kier alpha value is -3.15. The number of aryl methyl sites for hydroxylation is 1. The number of fused-ring (bicyclic) bond motifs is 1. The second kappa shape index (κ2) is 8.03. The normalized spacial score (nSPS) is 12.0. The number of ether oxygens (including phenoxy) is 1. The van der Waals surface area contributed by atoms with Crippen LogP contribution in [0, 0.1) is 0 Å². The fourth-order valence-corrected chi connectivity index (χ4v) is 2.98. The monoisotopic (exact) mass is 365 g/mol. The predicted molar refractivity (Wildman–Crippen MR) is 105 cm³/mol. The second-order valence-corrected chi connectivity index (χ2v) is 6.48. The summed E-state index contributed by atoms with van der Waals surface area (Å²) in [7, 11) is 3.41. The Balaban J connectivity index is 1.66. The number of H-pyrrole nitrogens is 1. The number of rotatable bonds is 6. The van der Waals surface area contributed by atoms with Gasteiger partial charge in [0.05, 0.1) is 24.1 Å². The number of nitrogens with zero attached hydrogens (tertiary/aromatic N) is 2. The smallest absolute Gasteiger partial charge is 0.258 e. The summed E-state index contributed by atoms with van der Waals surface area (Å²) in [6.07, 6.45) is 0.664. The summed E-state index contributed by atoms with van der Waals surface area (Å²) in [6.45, 7) is 1.98. The summed E-state index contributed by atoms with van der Waals surface area (Å²) in [5.74, 6) is 1.30. The number of methoxy groups -OCH3 is 1. The maximum absolute atomic E-state index is 12.6. The van der Waals surface area contributed by atoms with Gasteiger partial charge in [-0.25, -0.2) is 4.98 Å². The number of aromatic nitrogens is 2. The molecule has 140 valence electrons. The molecule has 1 N–H and O–H groups in total. The van der Waals surface area contributed by atoms with Crippen LogP contribution in [0.3, 0.4) is 0 Å². The van der Waals surface area contributed by atoms with E-state index in [1.807, 2.05) is 37.3 Å². The summed E-state index contributed by atoms with van der Waals surface area (Å²) in [4.78, 5) is 33.6. The van der Waals surface area contributed by atoms with Crippen LogP contribution in [-0.4, -0.2) is 34.9 Å². The van der Waals surface area contributed by atoms with Crippen molar-refractivity contribution in [2.75, 3.05) is 14.2 Å². The molecule has 0 saturated carbocycles. The first-order valence-corrected chi connectivity index (χ1v) is 8.87. The lowest BCUT2D eigenvalue weighted by Gasteiger charge is -2.25. The van der Waals surface area contributed by atoms with Crippen LogP contribution in [-0.2, 0) is 11.2 Å². The zero-order valence-corrected chi connectivity index (χ0v) is 15.7. The molecule has 0 radical (unpaired) electrons. The molecule has 0 fully saturated rings. The molecule has 27 heavy (non-hydrogen) atoms. The Morgan fingerprint density at radius 3 is 2.59 bits per heavy atom. The third kappa shape index (κ3) is 4.16. The molecule has 3 aromatic rings. The molecule has 3 rings (SSSR count). The van der Waals surface area contributed by atoms with Gasteiger partial charge in [-0.05, 0) is 36.8 Å². The third-order valence-corrected chi connectivity index (χ3v) is 4.81. The minimum atomic E-state index is -0.178. The molecule has 1 amide bonds. The molecular formula is C21H23N3O3. The van der Waals surface area contributed by atoms with E-state index in [9.17, 15) is 9.59 Å². The second-order valence-electron chi connectivity index (χ2n) is 6.48. The highest BCUT2D eigenvalue weighted by atomic mass is 16.5. The molecular weight excluding hydrogens is 342 g/mol. The quantitative estimate of drug-likeness (QED) is 0.728. The van der Waals surface area contributed by atoms with E-state index in [1.54, 1.807) is 37.3 Å². The van der Waals surface area contributed by atoms with Crippen LogP contribution in [0.4, 0.5) is 0 Å². The number of hydrogen-bond donors (Lipinski definition) is 1. The van der Waals surface area contributed by atoms with Gasteiger partial charge in [0.25, 0.3) is 5.56 Å². The van der Waals surface area contributed by atoms with Gasteiger partial charge in [-0.2, -0.15) is 0 Å². The summed E-state index contributed by atoms with van der Waals surface area (Å²) >= 11 is 0. The molecule has 0 aliphatic carbocycles. The summed E-state index contributed by atoms with van der Waals surface area (Å²) in [5.41, 5.74) is 1.50. The van der Waals surface area contributed by atoms with Gasteiger partial charge in [-0.1, -0.05) is 24.3 Å². The molecule has 6 nitrogen and oxygen atoms in total. The highest BCUT2D eigenvalue weighted by molar-refractivity contribution is 5.78. The topological polar surface area (TPSA) is 75.3 Å². The first-order chi connectivity index (χ1) is 13.0. The third-order valence-electron chi connectivity index (χ3n) is 4.81. The van der Waals surface area contributed by atoms with Gasteiger partial charge in [-0.15, -0.1) is 0 Å². The SMILES string of the molecule is COc1ccc(C(C)N(C)C(=O)CCc2nc3ccccc3c(=O)[nH]2)cc1. The Morgan fingerprint density at radius 1 is 1.19 bits per heavy atom. The Bertz CT molecular complexity index is 995. The maximum atomic E-state index is 12.6. The summed E-state index contributed by atoms with van der Waals surface area (Å²) in [6, 6.07) is 14.8. The van der Waals surface area contributed by atoms with Crippen molar-refractivity contribution < 1.29 is 9.53 Å². The molecule has 1 unspecified atom stereocenters. The molecule has 0 aliphatic heterocycles. The highest BCUT2D eigenvalue weighted by Gasteiger charge is 2.18. The number of carbonyl (C=O) groups is 1. The standard InChI is InChI=1S/C21H23N3O3/c1-14(15-8-10-16(27-3)11-9-15)24(2)20(25)13-12-19-22-18-7-5-4-6-17(18)21(26)23-19/h4-11,14H,12-13H2,1-3H3,(H,22,23,26). The first-order valence-electron chi connectivity index (χ1n) is 8.87. The number of nitrogens with one attached hydrogen (secondary N) is 1. The number of benzene rings is 2. The lowest BCUT2D eigenvalue weighted by Crippen LogP contribution is -2.30. The Morgan fingerprint density at radius 2 is 1.89 bits per heavy atom. The van der Waals surface area contributed by atoms with E-state index in [4.69, 9.17) is 4.74 Å². The van der Waals surface area contributed by atoms with E-state index in [0.717, 1.165) is 11.3 Å². The van der Waals surface area contributed by atoms with Crippen LogP contribution in [0.5, 0.6) is 5.75 Å². The van der Waals surface area contributed by atoms with Crippen molar-refractivity contribution in [3.05, 3.63) is 70.3 Å². The lowest BCUT2D eigenvalue weighted by molar-refractivity contribution is -0.131. The lowest BCUT2D eigenvalue weighted by atomic mass is 10.1. The zero-order valence-electron chi connectivity index (χ0n) is 15.7. The van der Waals surface area contributed by atoms with Crippen molar-refractivity contribution in [1.82, 2.24) is 14.9 Å². The van der Waals surface area contributed by atoms with Crippen LogP contribution >= 0.6 is 0 Å². The van der Waals surface area contributed by atoms with Gasteiger partial charge in [0.2, 0.25) is 5.91 Å². The number of carbonyl (C=O) groups excluding carboxylic acids is 1. The van der Waals surface area contributed by atoms with E-state index < -0.39 is 0 Å². The Kier molecular flexibility index (Phi) is 5.54. The van der Waals surface area contributed by atoms with E-state index in [2.05, 4.69) is 9.97 Å². The summed E-state index contributed by atoms with van der Waals surface area (Å²) in [5, 5.41) is 0.554. The molecule has 0 bridgehead atoms. The molecule has 0 aliphatic rings. The van der Waals surface area contributed by atoms with Crippen LogP contribution in [0.25, 0.3) is 10.9 Å².